The van der Waals surface area contributed by atoms with Gasteiger partial charge in [0.1, 0.15) is 11.1 Å². The number of furan rings is 1. The van der Waals surface area contributed by atoms with Gasteiger partial charge in [-0.05, 0) is 69.9 Å². The Morgan fingerprint density at radius 2 is 1.00 bits per heavy atom. The molecule has 0 N–H and O–H groups in total. The van der Waals surface area contributed by atoms with Gasteiger partial charge in [0.15, 0.2) is 23.1 Å². The molecule has 3 aromatic heterocycles. The molecule has 0 radical (unpaired) electrons. The van der Waals surface area contributed by atoms with Gasteiger partial charge in [0.05, 0.1) is 0 Å². The summed E-state index contributed by atoms with van der Waals surface area (Å²) in [6.45, 7) is 0. The summed E-state index contributed by atoms with van der Waals surface area (Å²) in [7, 11) is 0. The van der Waals surface area contributed by atoms with Crippen molar-refractivity contribution in [3.8, 4) is 56.4 Å². The van der Waals surface area contributed by atoms with Gasteiger partial charge in [0, 0.05) is 33.8 Å². The number of pyridine rings is 1. The molecule has 9 rings (SSSR count). The number of hydrogen-bond acceptors (Lipinski definition) is 5. The van der Waals surface area contributed by atoms with Gasteiger partial charge < -0.3 is 4.42 Å². The van der Waals surface area contributed by atoms with Crippen LogP contribution in [0.15, 0.2) is 162 Å². The Morgan fingerprint density at radius 3 is 1.74 bits per heavy atom. The number of benzene rings is 6. The number of rotatable bonds is 5. The number of aromatic nitrogens is 4. The van der Waals surface area contributed by atoms with Crippen LogP contribution in [0.2, 0.25) is 0 Å². The first kappa shape index (κ1) is 26.9. The smallest absolute Gasteiger partial charge is 0.164 e. The number of para-hydroxylation sites is 1. The minimum atomic E-state index is 0.594. The van der Waals surface area contributed by atoms with Gasteiger partial charge >= 0.3 is 0 Å². The molecule has 6 aromatic carbocycles. The molecule has 5 heteroatoms. The van der Waals surface area contributed by atoms with Crippen molar-refractivity contribution in [1.82, 2.24) is 19.9 Å². The highest BCUT2D eigenvalue weighted by molar-refractivity contribution is 6.07. The van der Waals surface area contributed by atoms with Crippen molar-refractivity contribution >= 4 is 32.8 Å². The highest BCUT2D eigenvalue weighted by atomic mass is 16.3. The van der Waals surface area contributed by atoms with Gasteiger partial charge in [-0.1, -0.05) is 109 Å². The van der Waals surface area contributed by atoms with Crippen LogP contribution in [0.4, 0.5) is 0 Å². The quantitative estimate of drug-likeness (QED) is 0.196. The molecule has 5 nitrogen and oxygen atoms in total. The Balaban J connectivity index is 1.31. The monoisotopic (exact) mass is 602 g/mol. The summed E-state index contributed by atoms with van der Waals surface area (Å²) in [6, 6.07) is 51.7. The molecule has 0 aliphatic heterocycles. The van der Waals surface area contributed by atoms with Crippen molar-refractivity contribution in [2.45, 2.75) is 0 Å². The Labute approximate surface area is 270 Å². The molecular formula is C42H26N4O. The van der Waals surface area contributed by atoms with Crippen LogP contribution in [-0.2, 0) is 0 Å². The van der Waals surface area contributed by atoms with E-state index in [-0.39, 0.29) is 0 Å². The molecule has 220 valence electrons. The first-order valence-electron chi connectivity index (χ1n) is 15.5. The molecule has 0 aliphatic rings. The molecular weight excluding hydrogens is 576 g/mol. The van der Waals surface area contributed by atoms with E-state index in [1.807, 2.05) is 91.1 Å². The van der Waals surface area contributed by atoms with Crippen LogP contribution in [0, 0.1) is 0 Å². The molecule has 9 aromatic rings. The summed E-state index contributed by atoms with van der Waals surface area (Å²) in [4.78, 5) is 19.7. The topological polar surface area (TPSA) is 64.7 Å². The summed E-state index contributed by atoms with van der Waals surface area (Å²) in [5, 5.41) is 3.37. The lowest BCUT2D eigenvalue weighted by atomic mass is 9.94. The Kier molecular flexibility index (Phi) is 6.39. The largest absolute Gasteiger partial charge is 0.454 e. The third-order valence-corrected chi connectivity index (χ3v) is 8.54. The zero-order chi connectivity index (χ0) is 31.2. The minimum Gasteiger partial charge on any atom is -0.454 e. The van der Waals surface area contributed by atoms with Crippen molar-refractivity contribution in [3.63, 3.8) is 0 Å². The lowest BCUT2D eigenvalue weighted by molar-refractivity contribution is 0.669. The van der Waals surface area contributed by atoms with E-state index in [4.69, 9.17) is 24.4 Å². The molecule has 0 fully saturated rings. The summed E-state index contributed by atoms with van der Waals surface area (Å²) >= 11 is 0. The van der Waals surface area contributed by atoms with Crippen LogP contribution >= 0.6 is 0 Å². The van der Waals surface area contributed by atoms with Crippen LogP contribution in [0.3, 0.4) is 0 Å². The van der Waals surface area contributed by atoms with Crippen LogP contribution in [0.1, 0.15) is 0 Å². The van der Waals surface area contributed by atoms with Gasteiger partial charge in [0.25, 0.3) is 0 Å². The predicted octanol–water partition coefficient (Wildman–Crippen LogP) is 10.7. The van der Waals surface area contributed by atoms with E-state index in [1.165, 1.54) is 10.8 Å². The maximum Gasteiger partial charge on any atom is 0.164 e. The maximum absolute atomic E-state index is 6.44. The second-order valence-electron chi connectivity index (χ2n) is 11.5. The van der Waals surface area contributed by atoms with Crippen molar-refractivity contribution in [2.24, 2.45) is 0 Å². The normalized spacial score (nSPS) is 11.4. The fourth-order valence-corrected chi connectivity index (χ4v) is 6.22. The van der Waals surface area contributed by atoms with Gasteiger partial charge in [-0.25, -0.2) is 15.0 Å². The fraction of sp³-hybridized carbons (Fsp3) is 0. The number of hydrogen-bond donors (Lipinski definition) is 0. The zero-order valence-corrected chi connectivity index (χ0v) is 25.2. The standard InChI is InChI=1S/C42H26N4O/c1-3-12-28(13-4-1)40-44-41(29-14-5-2-6-15-29)46-42(45-40)34-25-32(31-20-19-27-11-7-8-16-30(27)23-31)24-33(26-34)35-21-22-43-38-36-17-9-10-18-37(36)47-39(35)38/h1-26H. The van der Waals surface area contributed by atoms with Gasteiger partial charge in [-0.2, -0.15) is 0 Å². The molecule has 0 amide bonds. The van der Waals surface area contributed by atoms with Crippen molar-refractivity contribution < 1.29 is 4.42 Å². The van der Waals surface area contributed by atoms with E-state index in [2.05, 4.69) is 66.7 Å². The molecule has 0 atom stereocenters. The summed E-state index contributed by atoms with van der Waals surface area (Å²) < 4.78 is 6.44. The van der Waals surface area contributed by atoms with Crippen molar-refractivity contribution in [3.05, 3.63) is 158 Å². The molecule has 0 aliphatic carbocycles. The van der Waals surface area contributed by atoms with E-state index in [9.17, 15) is 0 Å². The van der Waals surface area contributed by atoms with Crippen LogP contribution in [-0.4, -0.2) is 19.9 Å². The highest BCUT2D eigenvalue weighted by Crippen LogP contribution is 2.38. The second kappa shape index (κ2) is 11.2. The van der Waals surface area contributed by atoms with Crippen LogP contribution < -0.4 is 0 Å². The third-order valence-electron chi connectivity index (χ3n) is 8.54. The molecule has 0 saturated heterocycles. The van der Waals surface area contributed by atoms with Gasteiger partial charge in [-0.3, -0.25) is 4.98 Å². The van der Waals surface area contributed by atoms with E-state index in [1.54, 1.807) is 0 Å². The van der Waals surface area contributed by atoms with E-state index >= 15 is 0 Å². The second-order valence-corrected chi connectivity index (χ2v) is 11.5. The third kappa shape index (κ3) is 4.91. The van der Waals surface area contributed by atoms with Crippen LogP contribution in [0.25, 0.3) is 89.3 Å². The summed E-state index contributed by atoms with van der Waals surface area (Å²) in [6.07, 6.45) is 1.85. The average Bonchev–Trinajstić information content (AvgIpc) is 3.54. The highest BCUT2D eigenvalue weighted by Gasteiger charge is 2.18. The summed E-state index contributed by atoms with van der Waals surface area (Å²) in [5.41, 5.74) is 9.23. The number of fused-ring (bicyclic) bond motifs is 4. The molecule has 0 bridgehead atoms. The average molecular weight is 603 g/mol. The van der Waals surface area contributed by atoms with Crippen LogP contribution in [0.5, 0.6) is 0 Å². The molecule has 3 heterocycles. The van der Waals surface area contributed by atoms with E-state index in [0.29, 0.717) is 17.5 Å². The first-order valence-corrected chi connectivity index (χ1v) is 15.5. The van der Waals surface area contributed by atoms with Crippen molar-refractivity contribution in [1.29, 1.82) is 0 Å². The molecule has 47 heavy (non-hydrogen) atoms. The lowest BCUT2D eigenvalue weighted by Crippen LogP contribution is -2.00. The Hall–Kier alpha value is -6.46. The fourth-order valence-electron chi connectivity index (χ4n) is 6.22. The van der Waals surface area contributed by atoms with E-state index < -0.39 is 0 Å². The lowest BCUT2D eigenvalue weighted by Gasteiger charge is -2.13. The predicted molar refractivity (Wildman–Crippen MR) is 190 cm³/mol. The minimum absolute atomic E-state index is 0.594. The molecule has 0 unspecified atom stereocenters. The van der Waals surface area contributed by atoms with Gasteiger partial charge in [0.2, 0.25) is 0 Å². The van der Waals surface area contributed by atoms with Gasteiger partial charge in [-0.15, -0.1) is 0 Å². The summed E-state index contributed by atoms with van der Waals surface area (Å²) in [5.74, 6) is 1.84. The maximum atomic E-state index is 6.44. The van der Waals surface area contributed by atoms with E-state index in [0.717, 1.165) is 61.0 Å². The first-order chi connectivity index (χ1) is 23.3. The van der Waals surface area contributed by atoms with Crippen molar-refractivity contribution in [2.75, 3.05) is 0 Å². The molecule has 0 spiro atoms. The Morgan fingerprint density at radius 1 is 0.404 bits per heavy atom. The Bertz CT molecular complexity index is 2520. The zero-order valence-electron chi connectivity index (χ0n) is 25.2. The molecule has 0 saturated carbocycles. The number of nitrogens with zero attached hydrogens (tertiary/aromatic N) is 4. The SMILES string of the molecule is c1ccc(-c2nc(-c3ccccc3)nc(-c3cc(-c4ccc5ccccc5c4)cc(-c4ccnc5c4oc4ccccc45)c3)n2)cc1.